The molecule has 0 heterocycles. The highest BCUT2D eigenvalue weighted by Crippen LogP contribution is 2.07. The van der Waals surface area contributed by atoms with Crippen molar-refractivity contribution < 1.29 is 9.53 Å². The van der Waals surface area contributed by atoms with Gasteiger partial charge in [-0.15, -0.1) is 0 Å². The Kier molecular flexibility index (Phi) is 10.3. The Balaban J connectivity index is 3.14. The Labute approximate surface area is 92.4 Å². The highest BCUT2D eigenvalue weighted by molar-refractivity contribution is 5.69. The Bertz CT molecular complexity index is 196. The van der Waals surface area contributed by atoms with E-state index in [1.54, 1.807) is 0 Å². The Morgan fingerprint density at radius 1 is 1.20 bits per heavy atom. The van der Waals surface area contributed by atoms with E-state index in [0.29, 0.717) is 12.8 Å². The van der Waals surface area contributed by atoms with Crippen LogP contribution in [0, 0.1) is 11.3 Å². The van der Waals surface area contributed by atoms with E-state index < -0.39 is 0 Å². The second-order valence-corrected chi connectivity index (χ2v) is 3.65. The van der Waals surface area contributed by atoms with Gasteiger partial charge in [-0.05, 0) is 6.42 Å². The molecule has 0 saturated heterocycles. The first-order valence-electron chi connectivity index (χ1n) is 5.83. The molecule has 0 aliphatic heterocycles. The Morgan fingerprint density at radius 2 is 1.87 bits per heavy atom. The zero-order chi connectivity index (χ0) is 11.4. The first-order chi connectivity index (χ1) is 7.31. The zero-order valence-corrected chi connectivity index (χ0v) is 9.63. The van der Waals surface area contributed by atoms with E-state index in [4.69, 9.17) is 10.00 Å². The molecule has 0 aliphatic rings. The van der Waals surface area contributed by atoms with Crippen LogP contribution in [0.25, 0.3) is 0 Å². The molecular formula is C12H21NO2. The summed E-state index contributed by atoms with van der Waals surface area (Å²) in [5, 5.41) is 8.23. The number of carbonyl (C=O) groups excluding carboxylic acids is 1. The molecular weight excluding hydrogens is 190 g/mol. The highest BCUT2D eigenvalue weighted by atomic mass is 16.5. The molecule has 3 nitrogen and oxygen atoms in total. The lowest BCUT2D eigenvalue weighted by atomic mass is 10.1. The standard InChI is InChI=1S/C12H21NO2/c1-2-3-4-5-6-7-9-12(14)15-11-8-10-13/h2-9,11H2,1H3. The topological polar surface area (TPSA) is 50.1 Å². The number of nitriles is 1. The first-order valence-corrected chi connectivity index (χ1v) is 5.83. The van der Waals surface area contributed by atoms with Crippen molar-refractivity contribution >= 4 is 5.97 Å². The number of ether oxygens (including phenoxy) is 1. The lowest BCUT2D eigenvalue weighted by molar-refractivity contribution is -0.143. The van der Waals surface area contributed by atoms with Crippen LogP contribution in [0.1, 0.15) is 58.3 Å². The number of unbranched alkanes of at least 4 members (excludes halogenated alkanes) is 5. The van der Waals surface area contributed by atoms with Crippen LogP contribution in [-0.4, -0.2) is 12.6 Å². The smallest absolute Gasteiger partial charge is 0.305 e. The van der Waals surface area contributed by atoms with Gasteiger partial charge in [0.15, 0.2) is 0 Å². The summed E-state index contributed by atoms with van der Waals surface area (Å²) in [7, 11) is 0. The molecule has 0 bridgehead atoms. The van der Waals surface area contributed by atoms with Gasteiger partial charge in [-0.3, -0.25) is 4.79 Å². The molecule has 86 valence electrons. The van der Waals surface area contributed by atoms with Crippen LogP contribution in [-0.2, 0) is 9.53 Å². The largest absolute Gasteiger partial charge is 0.465 e. The maximum absolute atomic E-state index is 11.1. The summed E-state index contributed by atoms with van der Waals surface area (Å²) in [6.45, 7) is 2.43. The zero-order valence-electron chi connectivity index (χ0n) is 9.63. The van der Waals surface area contributed by atoms with Gasteiger partial charge in [-0.1, -0.05) is 39.0 Å². The summed E-state index contributed by atoms with van der Waals surface area (Å²) in [6, 6.07) is 1.94. The van der Waals surface area contributed by atoms with Crippen LogP contribution in [0.2, 0.25) is 0 Å². The average Bonchev–Trinajstić information content (AvgIpc) is 2.23. The van der Waals surface area contributed by atoms with E-state index in [0.717, 1.165) is 12.8 Å². The van der Waals surface area contributed by atoms with Crippen LogP contribution in [0.3, 0.4) is 0 Å². The number of hydrogen-bond acceptors (Lipinski definition) is 3. The van der Waals surface area contributed by atoms with Crippen LogP contribution >= 0.6 is 0 Å². The van der Waals surface area contributed by atoms with Crippen molar-refractivity contribution in [1.82, 2.24) is 0 Å². The summed E-state index contributed by atoms with van der Waals surface area (Å²) in [4.78, 5) is 11.1. The van der Waals surface area contributed by atoms with E-state index in [2.05, 4.69) is 6.92 Å². The van der Waals surface area contributed by atoms with Gasteiger partial charge < -0.3 is 4.74 Å². The maximum Gasteiger partial charge on any atom is 0.305 e. The van der Waals surface area contributed by atoms with Crippen LogP contribution in [0.15, 0.2) is 0 Å². The van der Waals surface area contributed by atoms with Gasteiger partial charge in [0.05, 0.1) is 12.5 Å². The van der Waals surface area contributed by atoms with E-state index in [1.807, 2.05) is 6.07 Å². The van der Waals surface area contributed by atoms with E-state index in [-0.39, 0.29) is 12.6 Å². The van der Waals surface area contributed by atoms with Crippen molar-refractivity contribution in [3.63, 3.8) is 0 Å². The minimum atomic E-state index is -0.166. The van der Waals surface area contributed by atoms with Gasteiger partial charge in [0.2, 0.25) is 0 Å². The second-order valence-electron chi connectivity index (χ2n) is 3.65. The molecule has 0 aliphatic carbocycles. The predicted molar refractivity (Wildman–Crippen MR) is 59.2 cm³/mol. The van der Waals surface area contributed by atoms with Gasteiger partial charge in [0.25, 0.3) is 0 Å². The van der Waals surface area contributed by atoms with Crippen molar-refractivity contribution in [3.8, 4) is 6.07 Å². The van der Waals surface area contributed by atoms with Crippen LogP contribution < -0.4 is 0 Å². The minimum Gasteiger partial charge on any atom is -0.465 e. The van der Waals surface area contributed by atoms with Crippen molar-refractivity contribution in [2.75, 3.05) is 6.61 Å². The van der Waals surface area contributed by atoms with Gasteiger partial charge in [-0.2, -0.15) is 5.26 Å². The molecule has 0 fully saturated rings. The minimum absolute atomic E-state index is 0.166. The molecule has 0 aromatic heterocycles. The fourth-order valence-electron chi connectivity index (χ4n) is 1.33. The molecule has 0 aromatic carbocycles. The molecule has 0 atom stereocenters. The predicted octanol–water partition coefficient (Wildman–Crippen LogP) is 3.19. The SMILES string of the molecule is CCCCCCCCC(=O)OCCC#N. The summed E-state index contributed by atoms with van der Waals surface area (Å²) >= 11 is 0. The van der Waals surface area contributed by atoms with Crippen molar-refractivity contribution in [2.24, 2.45) is 0 Å². The lowest BCUT2D eigenvalue weighted by Crippen LogP contribution is -2.04. The van der Waals surface area contributed by atoms with Gasteiger partial charge >= 0.3 is 5.97 Å². The molecule has 15 heavy (non-hydrogen) atoms. The maximum atomic E-state index is 11.1. The monoisotopic (exact) mass is 211 g/mol. The first kappa shape index (κ1) is 14.0. The molecule has 0 N–H and O–H groups in total. The normalized spacial score (nSPS) is 9.60. The number of nitrogens with zero attached hydrogens (tertiary/aromatic N) is 1. The second kappa shape index (κ2) is 11.0. The fourth-order valence-corrected chi connectivity index (χ4v) is 1.33. The van der Waals surface area contributed by atoms with Crippen LogP contribution in [0.4, 0.5) is 0 Å². The molecule has 0 rings (SSSR count). The summed E-state index contributed by atoms with van der Waals surface area (Å²) in [5.74, 6) is -0.166. The number of rotatable bonds is 9. The van der Waals surface area contributed by atoms with E-state index in [9.17, 15) is 4.79 Å². The van der Waals surface area contributed by atoms with Gasteiger partial charge in [0, 0.05) is 6.42 Å². The van der Waals surface area contributed by atoms with Crippen LogP contribution in [0.5, 0.6) is 0 Å². The quantitative estimate of drug-likeness (QED) is 0.434. The molecule has 0 amide bonds. The van der Waals surface area contributed by atoms with Gasteiger partial charge in [0.1, 0.15) is 6.61 Å². The third kappa shape index (κ3) is 10.9. The molecule has 0 unspecified atom stereocenters. The lowest BCUT2D eigenvalue weighted by Gasteiger charge is -2.02. The fraction of sp³-hybridized carbons (Fsp3) is 0.833. The Hall–Kier alpha value is -1.04. The molecule has 3 heteroatoms. The number of esters is 1. The third-order valence-electron chi connectivity index (χ3n) is 2.21. The molecule has 0 aromatic rings. The van der Waals surface area contributed by atoms with Gasteiger partial charge in [-0.25, -0.2) is 0 Å². The highest BCUT2D eigenvalue weighted by Gasteiger charge is 2.01. The number of hydrogen-bond donors (Lipinski definition) is 0. The molecule has 0 saturated carbocycles. The number of carbonyl (C=O) groups is 1. The van der Waals surface area contributed by atoms with Crippen molar-refractivity contribution in [2.45, 2.75) is 58.3 Å². The molecule has 0 radical (unpaired) electrons. The third-order valence-corrected chi connectivity index (χ3v) is 2.21. The average molecular weight is 211 g/mol. The Morgan fingerprint density at radius 3 is 2.53 bits per heavy atom. The molecule has 0 spiro atoms. The van der Waals surface area contributed by atoms with E-state index >= 15 is 0 Å². The summed E-state index contributed by atoms with van der Waals surface area (Å²) in [6.07, 6.45) is 7.81. The summed E-state index contributed by atoms with van der Waals surface area (Å²) in [5.41, 5.74) is 0. The van der Waals surface area contributed by atoms with Crippen molar-refractivity contribution in [3.05, 3.63) is 0 Å². The summed E-state index contributed by atoms with van der Waals surface area (Å²) < 4.78 is 4.85. The van der Waals surface area contributed by atoms with Crippen molar-refractivity contribution in [1.29, 1.82) is 5.26 Å². The van der Waals surface area contributed by atoms with E-state index in [1.165, 1.54) is 25.7 Å².